The molecule has 2 saturated heterocycles. The second kappa shape index (κ2) is 7.32. The van der Waals surface area contributed by atoms with Crippen LogP contribution in [0.1, 0.15) is 31.2 Å². The highest BCUT2D eigenvalue weighted by Crippen LogP contribution is 2.35. The molecule has 1 aliphatic carbocycles. The lowest BCUT2D eigenvalue weighted by atomic mass is 9.84. The summed E-state index contributed by atoms with van der Waals surface area (Å²) in [6.45, 7) is 2.50. The van der Waals surface area contributed by atoms with Gasteiger partial charge in [-0.3, -0.25) is 24.6 Å². The molecule has 0 amide bonds. The van der Waals surface area contributed by atoms with Crippen LogP contribution < -0.4 is 11.1 Å². The number of benzene rings is 1. The first kappa shape index (κ1) is 18.8. The zero-order valence-corrected chi connectivity index (χ0v) is 15.9. The lowest BCUT2D eigenvalue weighted by Gasteiger charge is -2.22. The Morgan fingerprint density at radius 1 is 1.04 bits per heavy atom. The topological polar surface area (TPSA) is 112 Å². The van der Waals surface area contributed by atoms with E-state index in [-0.39, 0.29) is 22.7 Å². The Morgan fingerprint density at radius 2 is 1.62 bits per heavy atom. The maximum Gasteiger partial charge on any atom is 0.314 e. The summed E-state index contributed by atoms with van der Waals surface area (Å²) < 4.78 is 0. The number of nitrogens with one attached hydrogen (secondary N) is 2. The molecule has 0 spiro atoms. The molecule has 9 heteroatoms. The molecule has 0 unspecified atom stereocenters. The number of halogens is 1. The molecule has 26 heavy (non-hydrogen) atoms. The third-order valence-corrected chi connectivity index (χ3v) is 5.50. The standard InChI is InChI=1S/C17H20N4O4.BrH/c22-16-17(23)19-15-12(5-13(21(24)25)6-14(15)18-16)9-20-7-10-1-2-11(8-20)4-3-10;/h5-6,10-11H,1-4,7-9H2,(H,18,22)(H,19,23);1H. The Hall–Kier alpha value is -2.00. The molecule has 2 bridgehead atoms. The van der Waals surface area contributed by atoms with Crippen LogP contribution >= 0.6 is 17.0 Å². The SMILES string of the molecule is Br.O=c1[nH]c2cc([N+](=O)[O-])cc(CN3CC4CCC(CC4)C3)c2[nH]c1=O. The van der Waals surface area contributed by atoms with Crippen LogP contribution in [0.15, 0.2) is 21.7 Å². The molecule has 8 nitrogen and oxygen atoms in total. The zero-order valence-electron chi connectivity index (χ0n) is 14.2. The lowest BCUT2D eigenvalue weighted by Crippen LogP contribution is -2.31. The molecule has 0 atom stereocenters. The van der Waals surface area contributed by atoms with E-state index in [0.29, 0.717) is 35.0 Å². The van der Waals surface area contributed by atoms with Crippen LogP contribution in [0.4, 0.5) is 5.69 Å². The van der Waals surface area contributed by atoms with Crippen molar-refractivity contribution in [1.29, 1.82) is 0 Å². The average molecular weight is 425 g/mol. The molecule has 3 heterocycles. The first-order valence-corrected chi connectivity index (χ1v) is 8.65. The minimum Gasteiger partial charge on any atom is -0.316 e. The number of nitrogens with zero attached hydrogens (tertiary/aromatic N) is 2. The number of rotatable bonds is 3. The van der Waals surface area contributed by atoms with Crippen molar-refractivity contribution < 1.29 is 4.92 Å². The van der Waals surface area contributed by atoms with Crippen LogP contribution in [0.5, 0.6) is 0 Å². The Labute approximate surface area is 159 Å². The fourth-order valence-electron chi connectivity index (χ4n) is 4.28. The van der Waals surface area contributed by atoms with Gasteiger partial charge < -0.3 is 9.97 Å². The first-order chi connectivity index (χ1) is 12.0. The van der Waals surface area contributed by atoms with Gasteiger partial charge in [0.2, 0.25) is 0 Å². The summed E-state index contributed by atoms with van der Waals surface area (Å²) in [7, 11) is 0. The summed E-state index contributed by atoms with van der Waals surface area (Å²) in [6, 6.07) is 2.80. The quantitative estimate of drug-likeness (QED) is 0.445. The van der Waals surface area contributed by atoms with Gasteiger partial charge in [0, 0.05) is 31.8 Å². The van der Waals surface area contributed by atoms with Crippen molar-refractivity contribution in [3.63, 3.8) is 0 Å². The number of hydrogen-bond donors (Lipinski definition) is 2. The lowest BCUT2D eigenvalue weighted by molar-refractivity contribution is -0.384. The Balaban J connectivity index is 0.00000196. The van der Waals surface area contributed by atoms with Gasteiger partial charge in [0.15, 0.2) is 0 Å². The molecule has 5 rings (SSSR count). The van der Waals surface area contributed by atoms with E-state index in [4.69, 9.17) is 0 Å². The fraction of sp³-hybridized carbons (Fsp3) is 0.529. The summed E-state index contributed by atoms with van der Waals surface area (Å²) in [5, 5.41) is 11.2. The van der Waals surface area contributed by atoms with E-state index >= 15 is 0 Å². The second-order valence-electron chi connectivity index (χ2n) is 7.27. The predicted octanol–water partition coefficient (Wildman–Crippen LogP) is 2.32. The number of fused-ring (bicyclic) bond motifs is 5. The molecule has 1 saturated carbocycles. The summed E-state index contributed by atoms with van der Waals surface area (Å²) in [5.74, 6) is 1.37. The van der Waals surface area contributed by atoms with Gasteiger partial charge in [-0.2, -0.15) is 0 Å². The minimum absolute atomic E-state index is 0. The number of hydrogen-bond acceptors (Lipinski definition) is 5. The average Bonchev–Trinajstić information content (AvgIpc) is 2.88. The van der Waals surface area contributed by atoms with Gasteiger partial charge in [-0.25, -0.2) is 0 Å². The Kier molecular flexibility index (Phi) is 5.29. The molecule has 0 radical (unpaired) electrons. The fourth-order valence-corrected chi connectivity index (χ4v) is 4.28. The molecule has 1 aromatic heterocycles. The van der Waals surface area contributed by atoms with Crippen LogP contribution in [0, 0.1) is 22.0 Å². The maximum absolute atomic E-state index is 11.7. The number of H-pyrrole nitrogens is 2. The highest BCUT2D eigenvalue weighted by atomic mass is 79.9. The number of non-ortho nitro benzene ring substituents is 1. The number of aromatic amines is 2. The van der Waals surface area contributed by atoms with E-state index in [9.17, 15) is 19.7 Å². The van der Waals surface area contributed by atoms with Gasteiger partial charge in [0.25, 0.3) is 5.69 Å². The smallest absolute Gasteiger partial charge is 0.314 e. The van der Waals surface area contributed by atoms with Gasteiger partial charge >= 0.3 is 11.1 Å². The van der Waals surface area contributed by atoms with Gasteiger partial charge in [0.05, 0.1) is 16.0 Å². The summed E-state index contributed by atoms with van der Waals surface area (Å²) in [5.41, 5.74) is -0.162. The maximum atomic E-state index is 11.7. The van der Waals surface area contributed by atoms with Crippen molar-refractivity contribution >= 4 is 33.7 Å². The van der Waals surface area contributed by atoms with Crippen molar-refractivity contribution in [3.8, 4) is 0 Å². The first-order valence-electron chi connectivity index (χ1n) is 8.65. The largest absolute Gasteiger partial charge is 0.316 e. The summed E-state index contributed by atoms with van der Waals surface area (Å²) in [4.78, 5) is 41.4. The van der Waals surface area contributed by atoms with Gasteiger partial charge in [-0.15, -0.1) is 17.0 Å². The second-order valence-corrected chi connectivity index (χ2v) is 7.27. The monoisotopic (exact) mass is 424 g/mol. The van der Waals surface area contributed by atoms with Crippen molar-refractivity contribution in [1.82, 2.24) is 14.9 Å². The van der Waals surface area contributed by atoms with E-state index in [1.807, 2.05) is 0 Å². The van der Waals surface area contributed by atoms with E-state index in [1.165, 1.54) is 37.8 Å². The predicted molar refractivity (Wildman–Crippen MR) is 103 cm³/mol. The molecule has 3 aliphatic rings. The summed E-state index contributed by atoms with van der Waals surface area (Å²) in [6.07, 6.45) is 5.00. The normalized spacial score (nSPS) is 22.8. The minimum atomic E-state index is -0.799. The van der Waals surface area contributed by atoms with E-state index in [0.717, 1.165) is 13.1 Å². The van der Waals surface area contributed by atoms with Gasteiger partial charge in [-0.1, -0.05) is 0 Å². The van der Waals surface area contributed by atoms with Crippen LogP contribution in [0.3, 0.4) is 0 Å². The van der Waals surface area contributed by atoms with Crippen molar-refractivity contribution in [3.05, 3.63) is 48.5 Å². The molecule has 140 valence electrons. The van der Waals surface area contributed by atoms with Crippen LogP contribution in [0.2, 0.25) is 0 Å². The highest BCUT2D eigenvalue weighted by Gasteiger charge is 2.29. The van der Waals surface area contributed by atoms with E-state index in [2.05, 4.69) is 14.9 Å². The molecular formula is C17H21BrN4O4. The van der Waals surface area contributed by atoms with Crippen LogP contribution in [-0.4, -0.2) is 32.9 Å². The molecule has 1 aromatic carbocycles. The molecular weight excluding hydrogens is 404 g/mol. The van der Waals surface area contributed by atoms with Gasteiger partial charge in [-0.05, 0) is 43.1 Å². The Bertz CT molecular complexity index is 932. The van der Waals surface area contributed by atoms with E-state index < -0.39 is 16.0 Å². The van der Waals surface area contributed by atoms with Crippen molar-refractivity contribution in [2.45, 2.75) is 32.2 Å². The third-order valence-electron chi connectivity index (χ3n) is 5.50. The summed E-state index contributed by atoms with van der Waals surface area (Å²) >= 11 is 0. The number of aromatic nitrogens is 2. The Morgan fingerprint density at radius 3 is 2.19 bits per heavy atom. The zero-order chi connectivity index (χ0) is 17.6. The number of nitro benzene ring substituents is 1. The van der Waals surface area contributed by atoms with Crippen LogP contribution in [-0.2, 0) is 6.54 Å². The van der Waals surface area contributed by atoms with E-state index in [1.54, 1.807) is 0 Å². The molecule has 2 N–H and O–H groups in total. The van der Waals surface area contributed by atoms with Crippen molar-refractivity contribution in [2.24, 2.45) is 11.8 Å². The van der Waals surface area contributed by atoms with Crippen LogP contribution in [0.25, 0.3) is 11.0 Å². The van der Waals surface area contributed by atoms with Gasteiger partial charge in [0.1, 0.15) is 0 Å². The molecule has 2 aromatic rings. The number of nitro groups is 1. The molecule has 3 fully saturated rings. The third kappa shape index (κ3) is 3.59. The molecule has 2 aliphatic heterocycles. The highest BCUT2D eigenvalue weighted by molar-refractivity contribution is 8.93. The van der Waals surface area contributed by atoms with Crippen molar-refractivity contribution in [2.75, 3.05) is 13.1 Å².